The third-order valence-electron chi connectivity index (χ3n) is 4.99. The first-order valence-corrected chi connectivity index (χ1v) is 9.87. The Kier molecular flexibility index (Phi) is 7.69. The second-order valence-corrected chi connectivity index (χ2v) is 8.07. The number of hydrogen-bond donors (Lipinski definition) is 3. The Bertz CT molecular complexity index is 621. The average molecular weight is 378 g/mol. The highest BCUT2D eigenvalue weighted by atomic mass is 32.1. The molecule has 0 aromatic heterocycles. The first-order chi connectivity index (χ1) is 12.4. The molecule has 144 valence electrons. The van der Waals surface area contributed by atoms with Crippen molar-refractivity contribution in [3.63, 3.8) is 0 Å². The average Bonchev–Trinajstić information content (AvgIpc) is 2.62. The monoisotopic (exact) mass is 377 g/mol. The van der Waals surface area contributed by atoms with Gasteiger partial charge < -0.3 is 10.1 Å². The highest BCUT2D eigenvalue weighted by Gasteiger charge is 2.27. The summed E-state index contributed by atoms with van der Waals surface area (Å²) < 4.78 is 5.67. The molecule has 3 N–H and O–H groups in total. The zero-order valence-electron chi connectivity index (χ0n) is 16.2. The SMILES string of the molecule is CC(C)COc1cccc(C(=O)NNC(=S)N[C@@H]2CCC[C@H](C)[C@H]2C)c1. The summed E-state index contributed by atoms with van der Waals surface area (Å²) in [5, 5.41) is 3.79. The fourth-order valence-electron chi connectivity index (χ4n) is 3.17. The van der Waals surface area contributed by atoms with Crippen molar-refractivity contribution in [1.82, 2.24) is 16.2 Å². The van der Waals surface area contributed by atoms with Crippen LogP contribution in [0.5, 0.6) is 5.75 Å². The van der Waals surface area contributed by atoms with Crippen molar-refractivity contribution in [3.05, 3.63) is 29.8 Å². The third kappa shape index (κ3) is 6.16. The summed E-state index contributed by atoms with van der Waals surface area (Å²) in [7, 11) is 0. The largest absolute Gasteiger partial charge is 0.493 e. The van der Waals surface area contributed by atoms with Crippen molar-refractivity contribution < 1.29 is 9.53 Å². The van der Waals surface area contributed by atoms with E-state index in [-0.39, 0.29) is 5.91 Å². The van der Waals surface area contributed by atoms with E-state index in [4.69, 9.17) is 17.0 Å². The van der Waals surface area contributed by atoms with Gasteiger partial charge >= 0.3 is 0 Å². The topological polar surface area (TPSA) is 62.4 Å². The number of benzene rings is 1. The molecule has 1 aromatic rings. The Morgan fingerprint density at radius 1 is 1.27 bits per heavy atom. The Hall–Kier alpha value is -1.82. The molecule has 0 radical (unpaired) electrons. The van der Waals surface area contributed by atoms with Gasteiger partial charge in [-0.25, -0.2) is 0 Å². The molecule has 1 saturated carbocycles. The lowest BCUT2D eigenvalue weighted by Gasteiger charge is -2.35. The van der Waals surface area contributed by atoms with E-state index in [9.17, 15) is 4.79 Å². The van der Waals surface area contributed by atoms with Gasteiger partial charge in [-0.3, -0.25) is 15.6 Å². The van der Waals surface area contributed by atoms with E-state index in [2.05, 4.69) is 43.9 Å². The smallest absolute Gasteiger partial charge is 0.269 e. The molecule has 1 aliphatic rings. The molecule has 1 aliphatic carbocycles. The van der Waals surface area contributed by atoms with Gasteiger partial charge in [0.1, 0.15) is 5.75 Å². The van der Waals surface area contributed by atoms with Crippen molar-refractivity contribution >= 4 is 23.2 Å². The van der Waals surface area contributed by atoms with Gasteiger partial charge in [0.15, 0.2) is 5.11 Å². The number of amides is 1. The normalized spacial score (nSPS) is 22.6. The second kappa shape index (κ2) is 9.76. The van der Waals surface area contributed by atoms with Crippen LogP contribution < -0.4 is 20.9 Å². The molecule has 0 aliphatic heterocycles. The van der Waals surface area contributed by atoms with Gasteiger partial charge in [0.2, 0.25) is 0 Å². The van der Waals surface area contributed by atoms with Crippen molar-refractivity contribution in [2.75, 3.05) is 6.61 Å². The first kappa shape index (κ1) is 20.5. The van der Waals surface area contributed by atoms with Crippen LogP contribution in [0.15, 0.2) is 24.3 Å². The van der Waals surface area contributed by atoms with Crippen LogP contribution in [-0.4, -0.2) is 23.7 Å². The minimum Gasteiger partial charge on any atom is -0.493 e. The van der Waals surface area contributed by atoms with Crippen molar-refractivity contribution in [3.8, 4) is 5.75 Å². The second-order valence-electron chi connectivity index (χ2n) is 7.66. The van der Waals surface area contributed by atoms with Gasteiger partial charge in [0.25, 0.3) is 5.91 Å². The number of hydrogen-bond acceptors (Lipinski definition) is 3. The van der Waals surface area contributed by atoms with Crippen LogP contribution in [0.2, 0.25) is 0 Å². The van der Waals surface area contributed by atoms with Gasteiger partial charge in [-0.15, -0.1) is 0 Å². The lowest BCUT2D eigenvalue weighted by atomic mass is 9.78. The fourth-order valence-corrected chi connectivity index (χ4v) is 3.37. The summed E-state index contributed by atoms with van der Waals surface area (Å²) in [5.41, 5.74) is 6.00. The van der Waals surface area contributed by atoms with Gasteiger partial charge in [0, 0.05) is 11.6 Å². The van der Waals surface area contributed by atoms with Crippen LogP contribution in [0.3, 0.4) is 0 Å². The zero-order valence-corrected chi connectivity index (χ0v) is 17.0. The molecule has 6 heteroatoms. The molecule has 2 rings (SSSR count). The summed E-state index contributed by atoms with van der Waals surface area (Å²) in [6, 6.07) is 7.50. The van der Waals surface area contributed by atoms with Crippen LogP contribution in [0.4, 0.5) is 0 Å². The molecular formula is C20H31N3O2S. The maximum atomic E-state index is 12.3. The summed E-state index contributed by atoms with van der Waals surface area (Å²) in [5.74, 6) is 2.13. The number of rotatable bonds is 5. The number of nitrogens with one attached hydrogen (secondary N) is 3. The molecule has 0 spiro atoms. The highest BCUT2D eigenvalue weighted by Crippen LogP contribution is 2.29. The Morgan fingerprint density at radius 3 is 2.77 bits per heavy atom. The summed E-state index contributed by atoms with van der Waals surface area (Å²) in [6.45, 7) is 9.33. The predicted octanol–water partition coefficient (Wildman–Crippen LogP) is 3.66. The van der Waals surface area contributed by atoms with Gasteiger partial charge in [-0.05, 0) is 54.6 Å². The molecule has 1 fully saturated rings. The summed E-state index contributed by atoms with van der Waals surface area (Å²) in [6.07, 6.45) is 3.59. The zero-order chi connectivity index (χ0) is 19.1. The van der Waals surface area contributed by atoms with E-state index >= 15 is 0 Å². The molecule has 1 aromatic carbocycles. The Morgan fingerprint density at radius 2 is 2.04 bits per heavy atom. The van der Waals surface area contributed by atoms with Gasteiger partial charge in [0.05, 0.1) is 6.61 Å². The van der Waals surface area contributed by atoms with E-state index in [0.29, 0.717) is 46.8 Å². The van der Waals surface area contributed by atoms with E-state index < -0.39 is 0 Å². The molecule has 0 bridgehead atoms. The van der Waals surface area contributed by atoms with Crippen molar-refractivity contribution in [2.45, 2.75) is 53.0 Å². The summed E-state index contributed by atoms with van der Waals surface area (Å²) in [4.78, 5) is 12.3. The Labute approximate surface area is 162 Å². The maximum absolute atomic E-state index is 12.3. The number of carbonyl (C=O) groups excluding carboxylic acids is 1. The molecule has 0 unspecified atom stereocenters. The predicted molar refractivity (Wildman–Crippen MR) is 109 cm³/mol. The fraction of sp³-hybridized carbons (Fsp3) is 0.600. The molecule has 26 heavy (non-hydrogen) atoms. The molecular weight excluding hydrogens is 346 g/mol. The summed E-state index contributed by atoms with van der Waals surface area (Å²) >= 11 is 5.33. The van der Waals surface area contributed by atoms with E-state index in [1.54, 1.807) is 12.1 Å². The van der Waals surface area contributed by atoms with Gasteiger partial charge in [-0.1, -0.05) is 46.6 Å². The van der Waals surface area contributed by atoms with Crippen molar-refractivity contribution in [2.24, 2.45) is 17.8 Å². The van der Waals surface area contributed by atoms with Crippen molar-refractivity contribution in [1.29, 1.82) is 0 Å². The van der Waals surface area contributed by atoms with Gasteiger partial charge in [-0.2, -0.15) is 0 Å². The van der Waals surface area contributed by atoms with Crippen LogP contribution in [-0.2, 0) is 0 Å². The molecule has 1 amide bonds. The van der Waals surface area contributed by atoms with Crippen LogP contribution in [0.25, 0.3) is 0 Å². The Balaban J connectivity index is 1.82. The van der Waals surface area contributed by atoms with E-state index in [1.165, 1.54) is 12.8 Å². The lowest BCUT2D eigenvalue weighted by Crippen LogP contribution is -2.52. The van der Waals surface area contributed by atoms with Crippen LogP contribution in [0.1, 0.15) is 57.3 Å². The number of hydrazine groups is 1. The molecule has 0 heterocycles. The van der Waals surface area contributed by atoms with Crippen LogP contribution >= 0.6 is 12.2 Å². The number of ether oxygens (including phenoxy) is 1. The minimum absolute atomic E-state index is 0.241. The lowest BCUT2D eigenvalue weighted by molar-refractivity contribution is 0.0942. The maximum Gasteiger partial charge on any atom is 0.269 e. The van der Waals surface area contributed by atoms with E-state index in [1.807, 2.05) is 12.1 Å². The van der Waals surface area contributed by atoms with E-state index in [0.717, 1.165) is 6.42 Å². The third-order valence-corrected chi connectivity index (χ3v) is 5.21. The quantitative estimate of drug-likeness (QED) is 0.540. The van der Waals surface area contributed by atoms with Crippen LogP contribution in [0, 0.1) is 17.8 Å². The molecule has 3 atom stereocenters. The number of thiocarbonyl (C=S) groups is 1. The molecule has 0 saturated heterocycles. The first-order valence-electron chi connectivity index (χ1n) is 9.46. The minimum atomic E-state index is -0.241. The molecule has 5 nitrogen and oxygen atoms in total. The standard InChI is InChI=1S/C20H31N3O2S/c1-13(2)12-25-17-9-6-8-16(11-17)19(24)22-23-20(26)21-18-10-5-7-14(3)15(18)4/h6,8-9,11,13-15,18H,5,7,10,12H2,1-4H3,(H,22,24)(H2,21,23,26)/t14-,15+,18+/m0/s1. The highest BCUT2D eigenvalue weighted by molar-refractivity contribution is 7.80. The number of carbonyl (C=O) groups is 1.